The maximum atomic E-state index is 11.3. The van der Waals surface area contributed by atoms with Crippen LogP contribution in [-0.2, 0) is 25.7 Å². The van der Waals surface area contributed by atoms with Gasteiger partial charge in [-0.25, -0.2) is 0 Å². The van der Waals surface area contributed by atoms with E-state index in [9.17, 15) is 19.2 Å². The number of hydrogen-bond acceptors (Lipinski definition) is 4. The minimum atomic E-state index is -0.257. The molecule has 6 nitrogen and oxygen atoms in total. The van der Waals surface area contributed by atoms with Crippen molar-refractivity contribution >= 4 is 23.6 Å². The first-order valence-electron chi connectivity index (χ1n) is 12.1. The predicted octanol–water partition coefficient (Wildman–Crippen LogP) is 4.99. The molecule has 0 bridgehead atoms. The van der Waals surface area contributed by atoms with Crippen LogP contribution < -0.4 is 5.32 Å². The third-order valence-electron chi connectivity index (χ3n) is 5.72. The van der Waals surface area contributed by atoms with E-state index in [4.69, 9.17) is 0 Å². The Morgan fingerprint density at radius 2 is 1.27 bits per heavy atom. The smallest absolute Gasteiger partial charge is 0.254 e. The lowest BCUT2D eigenvalue weighted by molar-refractivity contribution is -0.137. The second-order valence-electron chi connectivity index (χ2n) is 8.50. The first-order valence-corrected chi connectivity index (χ1v) is 12.1. The molecule has 3 rings (SSSR count). The molecule has 2 aliphatic heterocycles. The summed E-state index contributed by atoms with van der Waals surface area (Å²) in [5.41, 5.74) is 1.61. The molecule has 0 fully saturated rings. The number of carbonyl (C=O) groups excluding carboxylic acids is 4. The van der Waals surface area contributed by atoms with Crippen LogP contribution in [0.4, 0.5) is 0 Å². The number of amides is 4. The lowest BCUT2D eigenvalue weighted by Crippen LogP contribution is -2.29. The molecular weight excluding hydrogens is 416 g/mol. The number of nitrogens with one attached hydrogen (secondary N) is 1. The number of rotatable bonds is 13. The van der Waals surface area contributed by atoms with E-state index in [1.807, 2.05) is 30.3 Å². The molecule has 0 unspecified atom stereocenters. The summed E-state index contributed by atoms with van der Waals surface area (Å²) in [5.74, 6) is -0.925. The quantitative estimate of drug-likeness (QED) is 0.337. The molecule has 0 atom stereocenters. The Bertz CT molecular complexity index is 840. The zero-order chi connectivity index (χ0) is 23.9. The highest BCUT2D eigenvalue weighted by atomic mass is 16.2. The third-order valence-corrected chi connectivity index (χ3v) is 5.72. The third kappa shape index (κ3) is 9.98. The monoisotopic (exact) mass is 452 g/mol. The Labute approximate surface area is 197 Å². The van der Waals surface area contributed by atoms with Gasteiger partial charge in [0.05, 0.1) is 6.54 Å². The fourth-order valence-corrected chi connectivity index (χ4v) is 3.79. The van der Waals surface area contributed by atoms with Crippen LogP contribution in [0.3, 0.4) is 0 Å². The molecule has 1 N–H and O–H groups in total. The maximum absolute atomic E-state index is 11.3. The Morgan fingerprint density at radius 1 is 0.727 bits per heavy atom. The van der Waals surface area contributed by atoms with Gasteiger partial charge in [0.1, 0.15) is 0 Å². The van der Waals surface area contributed by atoms with Crippen molar-refractivity contribution in [3.05, 3.63) is 59.7 Å². The van der Waals surface area contributed by atoms with E-state index in [-0.39, 0.29) is 23.6 Å². The molecular formula is C27H36N2O4. The number of imide groups is 2. The SMILES string of the molecule is CCCCCCCCCCCCC1=CC(=O)NC1=O.O=C1C=CC(=O)N1Cc1ccccc1. The maximum Gasteiger partial charge on any atom is 0.254 e. The van der Waals surface area contributed by atoms with Crippen molar-refractivity contribution in [1.82, 2.24) is 10.2 Å². The van der Waals surface area contributed by atoms with Gasteiger partial charge in [0, 0.05) is 23.8 Å². The lowest BCUT2D eigenvalue weighted by atomic mass is 10.0. The van der Waals surface area contributed by atoms with Gasteiger partial charge in [0.25, 0.3) is 23.6 Å². The van der Waals surface area contributed by atoms with Crippen molar-refractivity contribution in [1.29, 1.82) is 0 Å². The van der Waals surface area contributed by atoms with Gasteiger partial charge in [-0.2, -0.15) is 0 Å². The predicted molar refractivity (Wildman–Crippen MR) is 129 cm³/mol. The molecule has 0 radical (unpaired) electrons. The topological polar surface area (TPSA) is 83.5 Å². The highest BCUT2D eigenvalue weighted by Crippen LogP contribution is 2.15. The zero-order valence-electron chi connectivity index (χ0n) is 19.7. The van der Waals surface area contributed by atoms with Crippen LogP contribution in [0.1, 0.15) is 83.1 Å². The molecule has 33 heavy (non-hydrogen) atoms. The Morgan fingerprint density at radius 3 is 1.79 bits per heavy atom. The van der Waals surface area contributed by atoms with E-state index in [2.05, 4.69) is 12.2 Å². The van der Waals surface area contributed by atoms with Crippen molar-refractivity contribution in [3.8, 4) is 0 Å². The number of carbonyl (C=O) groups is 4. The highest BCUT2D eigenvalue weighted by Gasteiger charge is 2.23. The summed E-state index contributed by atoms with van der Waals surface area (Å²) < 4.78 is 0. The van der Waals surface area contributed by atoms with Crippen LogP contribution in [0, 0.1) is 0 Å². The molecule has 0 aromatic heterocycles. The van der Waals surface area contributed by atoms with Gasteiger partial charge in [-0.15, -0.1) is 0 Å². The first kappa shape index (κ1) is 26.2. The largest absolute Gasteiger partial charge is 0.289 e. The van der Waals surface area contributed by atoms with E-state index < -0.39 is 0 Å². The molecule has 2 aliphatic rings. The second kappa shape index (κ2) is 14.9. The van der Waals surface area contributed by atoms with Crippen molar-refractivity contribution in [2.75, 3.05) is 0 Å². The average molecular weight is 453 g/mol. The molecule has 0 aliphatic carbocycles. The van der Waals surface area contributed by atoms with E-state index in [0.717, 1.165) is 24.8 Å². The molecule has 0 spiro atoms. The Hall–Kier alpha value is -3.02. The molecule has 178 valence electrons. The first-order chi connectivity index (χ1) is 16.0. The van der Waals surface area contributed by atoms with Crippen molar-refractivity contribution in [3.63, 3.8) is 0 Å². The van der Waals surface area contributed by atoms with Crippen LogP contribution in [-0.4, -0.2) is 28.5 Å². The van der Waals surface area contributed by atoms with Crippen LogP contribution >= 0.6 is 0 Å². The van der Waals surface area contributed by atoms with Crippen LogP contribution in [0.2, 0.25) is 0 Å². The highest BCUT2D eigenvalue weighted by molar-refractivity contribution is 6.16. The zero-order valence-corrected chi connectivity index (χ0v) is 19.7. The van der Waals surface area contributed by atoms with Crippen molar-refractivity contribution in [2.45, 2.75) is 84.1 Å². The summed E-state index contributed by atoms with van der Waals surface area (Å²) in [7, 11) is 0. The second-order valence-corrected chi connectivity index (χ2v) is 8.50. The van der Waals surface area contributed by atoms with Crippen LogP contribution in [0.5, 0.6) is 0 Å². The number of unbranched alkanes of at least 4 members (excludes halogenated alkanes) is 9. The fourth-order valence-electron chi connectivity index (χ4n) is 3.79. The van der Waals surface area contributed by atoms with E-state index in [1.54, 1.807) is 0 Å². The fraction of sp³-hybridized carbons (Fsp3) is 0.481. The Kier molecular flexibility index (Phi) is 11.9. The van der Waals surface area contributed by atoms with Gasteiger partial charge in [0.15, 0.2) is 0 Å². The molecule has 2 heterocycles. The summed E-state index contributed by atoms with van der Waals surface area (Å²) in [6.07, 6.45) is 17.6. The van der Waals surface area contributed by atoms with E-state index in [1.165, 1.54) is 74.5 Å². The van der Waals surface area contributed by atoms with E-state index >= 15 is 0 Å². The van der Waals surface area contributed by atoms with Crippen molar-refractivity contribution in [2.24, 2.45) is 0 Å². The van der Waals surface area contributed by atoms with Gasteiger partial charge in [-0.1, -0.05) is 95.0 Å². The van der Waals surface area contributed by atoms with Gasteiger partial charge < -0.3 is 0 Å². The van der Waals surface area contributed by atoms with Crippen molar-refractivity contribution < 1.29 is 19.2 Å². The molecule has 6 heteroatoms. The molecule has 0 saturated heterocycles. The van der Waals surface area contributed by atoms with Gasteiger partial charge in [0.2, 0.25) is 0 Å². The summed E-state index contributed by atoms with van der Waals surface area (Å²) in [4.78, 5) is 45.8. The summed E-state index contributed by atoms with van der Waals surface area (Å²) in [5, 5.41) is 2.28. The minimum absolute atomic E-state index is 0.194. The molecule has 1 aromatic carbocycles. The number of benzene rings is 1. The van der Waals surface area contributed by atoms with Gasteiger partial charge in [-0.05, 0) is 18.4 Å². The van der Waals surface area contributed by atoms with Crippen LogP contribution in [0.15, 0.2) is 54.1 Å². The molecule has 1 aromatic rings. The van der Waals surface area contributed by atoms with Gasteiger partial charge in [-0.3, -0.25) is 29.4 Å². The summed E-state index contributed by atoms with van der Waals surface area (Å²) in [6, 6.07) is 9.44. The lowest BCUT2D eigenvalue weighted by Gasteiger charge is -2.13. The molecule has 0 saturated carbocycles. The van der Waals surface area contributed by atoms with E-state index in [0.29, 0.717) is 12.1 Å². The number of nitrogens with zero attached hydrogens (tertiary/aromatic N) is 1. The number of hydrogen-bond donors (Lipinski definition) is 1. The van der Waals surface area contributed by atoms with Gasteiger partial charge >= 0.3 is 0 Å². The summed E-state index contributed by atoms with van der Waals surface area (Å²) in [6.45, 7) is 2.60. The van der Waals surface area contributed by atoms with Crippen LogP contribution in [0.25, 0.3) is 0 Å². The average Bonchev–Trinajstić information content (AvgIpc) is 3.30. The normalized spacial score (nSPS) is 14.9. The molecule has 4 amide bonds. The standard InChI is InChI=1S/C16H27NO2.C11H9NO2/c1-2-3-4-5-6-7-8-9-10-11-12-14-13-15(18)17-16(14)19;13-10-6-7-11(14)12(10)8-9-4-2-1-3-5-9/h13H,2-12H2,1H3,(H,17,18,19);1-7H,8H2. The minimum Gasteiger partial charge on any atom is -0.289 e. The Balaban J connectivity index is 0.000000243. The summed E-state index contributed by atoms with van der Waals surface area (Å²) >= 11 is 0.